The Hall–Kier alpha value is -0.620. The highest BCUT2D eigenvalue weighted by molar-refractivity contribution is 14.1. The number of rotatable bonds is 3. The molecule has 0 saturated heterocycles. The van der Waals surface area contributed by atoms with Crippen molar-refractivity contribution >= 4 is 34.2 Å². The molecule has 1 aromatic carbocycles. The Morgan fingerprint density at radius 3 is 2.67 bits per heavy atom. The lowest BCUT2D eigenvalue weighted by atomic mass is 10.1. The topological polar surface area (TPSA) is 55.1 Å². The van der Waals surface area contributed by atoms with Crippen molar-refractivity contribution < 1.29 is 4.79 Å². The molecular formula is C11H13IN2O. The number of hydrogen-bond donors (Lipinski definition) is 2. The van der Waals surface area contributed by atoms with Gasteiger partial charge in [0.25, 0.3) is 0 Å². The summed E-state index contributed by atoms with van der Waals surface area (Å²) in [5.74, 6) is 0.0640. The first-order chi connectivity index (χ1) is 7.18. The van der Waals surface area contributed by atoms with E-state index in [1.165, 1.54) is 0 Å². The molecule has 0 bridgehead atoms. The van der Waals surface area contributed by atoms with Crippen LogP contribution in [0, 0.1) is 8.99 Å². The third-order valence-corrected chi connectivity index (χ3v) is 3.79. The van der Waals surface area contributed by atoms with Crippen LogP contribution in [0.15, 0.2) is 24.3 Å². The molecule has 1 aliphatic rings. The van der Waals surface area contributed by atoms with E-state index >= 15 is 0 Å². The molecule has 0 radical (unpaired) electrons. The molecule has 3 N–H and O–H groups in total. The van der Waals surface area contributed by atoms with Gasteiger partial charge in [-0.25, -0.2) is 0 Å². The molecular weight excluding hydrogens is 303 g/mol. The Kier molecular flexibility index (Phi) is 2.97. The van der Waals surface area contributed by atoms with Crippen molar-refractivity contribution in [3.05, 3.63) is 27.8 Å². The van der Waals surface area contributed by atoms with Crippen molar-refractivity contribution in [2.45, 2.75) is 12.8 Å². The summed E-state index contributed by atoms with van der Waals surface area (Å²) in [6.07, 6.45) is 1.83. The van der Waals surface area contributed by atoms with E-state index in [1.54, 1.807) is 0 Å². The van der Waals surface area contributed by atoms with Crippen molar-refractivity contribution in [1.29, 1.82) is 0 Å². The number of carbonyl (C=O) groups is 1. The summed E-state index contributed by atoms with van der Waals surface area (Å²) in [7, 11) is 0. The maximum atomic E-state index is 11.9. The van der Waals surface area contributed by atoms with Crippen molar-refractivity contribution in [2.75, 3.05) is 11.9 Å². The predicted octanol–water partition coefficient (Wildman–Crippen LogP) is 1.97. The molecule has 1 aromatic rings. The molecule has 80 valence electrons. The first-order valence-electron chi connectivity index (χ1n) is 4.94. The summed E-state index contributed by atoms with van der Waals surface area (Å²) in [5.41, 5.74) is 6.20. The maximum absolute atomic E-state index is 11.9. The van der Waals surface area contributed by atoms with E-state index in [9.17, 15) is 4.79 Å². The molecule has 0 aliphatic heterocycles. The first kappa shape index (κ1) is 10.9. The normalized spacial score (nSPS) is 17.2. The third kappa shape index (κ3) is 2.15. The monoisotopic (exact) mass is 316 g/mol. The van der Waals surface area contributed by atoms with Crippen molar-refractivity contribution in [3.8, 4) is 0 Å². The van der Waals surface area contributed by atoms with E-state index in [1.807, 2.05) is 24.3 Å². The smallest absolute Gasteiger partial charge is 0.231 e. The Morgan fingerprint density at radius 2 is 2.13 bits per heavy atom. The second kappa shape index (κ2) is 4.09. The zero-order valence-corrected chi connectivity index (χ0v) is 10.5. The van der Waals surface area contributed by atoms with Gasteiger partial charge >= 0.3 is 0 Å². The van der Waals surface area contributed by atoms with Gasteiger partial charge in [-0.1, -0.05) is 12.1 Å². The highest BCUT2D eigenvalue weighted by atomic mass is 127. The average molecular weight is 316 g/mol. The van der Waals surface area contributed by atoms with Gasteiger partial charge < -0.3 is 11.1 Å². The summed E-state index contributed by atoms with van der Waals surface area (Å²) >= 11 is 2.21. The van der Waals surface area contributed by atoms with Crippen LogP contribution < -0.4 is 11.1 Å². The highest BCUT2D eigenvalue weighted by Crippen LogP contribution is 2.45. The number of nitrogens with two attached hydrogens (primary N) is 1. The van der Waals surface area contributed by atoms with Crippen LogP contribution in [-0.2, 0) is 4.79 Å². The van der Waals surface area contributed by atoms with Crippen molar-refractivity contribution in [1.82, 2.24) is 0 Å². The van der Waals surface area contributed by atoms with E-state index in [2.05, 4.69) is 27.9 Å². The zero-order chi connectivity index (χ0) is 10.9. The van der Waals surface area contributed by atoms with E-state index in [0.29, 0.717) is 6.54 Å². The van der Waals surface area contributed by atoms with Crippen LogP contribution in [0.2, 0.25) is 0 Å². The molecule has 1 saturated carbocycles. The summed E-state index contributed by atoms with van der Waals surface area (Å²) in [4.78, 5) is 11.9. The Morgan fingerprint density at radius 1 is 1.47 bits per heavy atom. The number of benzene rings is 1. The van der Waals surface area contributed by atoms with E-state index in [0.717, 1.165) is 22.1 Å². The minimum atomic E-state index is -0.279. The van der Waals surface area contributed by atoms with Crippen LogP contribution in [0.1, 0.15) is 12.8 Å². The molecule has 0 aromatic heterocycles. The summed E-state index contributed by atoms with van der Waals surface area (Å²) in [6, 6.07) is 7.75. The summed E-state index contributed by atoms with van der Waals surface area (Å²) < 4.78 is 1.05. The van der Waals surface area contributed by atoms with Gasteiger partial charge in [-0.2, -0.15) is 0 Å². The number of anilines is 1. The average Bonchev–Trinajstić information content (AvgIpc) is 3.02. The fourth-order valence-electron chi connectivity index (χ4n) is 1.49. The second-order valence-electron chi connectivity index (χ2n) is 3.92. The second-order valence-corrected chi connectivity index (χ2v) is 5.08. The van der Waals surface area contributed by atoms with Gasteiger partial charge in [0.1, 0.15) is 0 Å². The van der Waals surface area contributed by atoms with E-state index < -0.39 is 0 Å². The van der Waals surface area contributed by atoms with E-state index in [-0.39, 0.29) is 11.3 Å². The quantitative estimate of drug-likeness (QED) is 0.838. The summed E-state index contributed by atoms with van der Waals surface area (Å²) in [5, 5.41) is 2.94. The highest BCUT2D eigenvalue weighted by Gasteiger charge is 2.48. The number of hydrogen-bond acceptors (Lipinski definition) is 2. The van der Waals surface area contributed by atoms with Crippen LogP contribution in [0.4, 0.5) is 5.69 Å². The van der Waals surface area contributed by atoms with Crippen molar-refractivity contribution in [3.63, 3.8) is 0 Å². The molecule has 1 fully saturated rings. The molecule has 3 nitrogen and oxygen atoms in total. The molecule has 1 aliphatic carbocycles. The fourth-order valence-corrected chi connectivity index (χ4v) is 2.01. The van der Waals surface area contributed by atoms with Crippen LogP contribution in [0.5, 0.6) is 0 Å². The predicted molar refractivity (Wildman–Crippen MR) is 68.5 cm³/mol. The largest absolute Gasteiger partial charge is 0.329 e. The van der Waals surface area contributed by atoms with Crippen LogP contribution in [0.3, 0.4) is 0 Å². The maximum Gasteiger partial charge on any atom is 0.231 e. The van der Waals surface area contributed by atoms with Crippen LogP contribution in [-0.4, -0.2) is 12.5 Å². The standard InChI is InChI=1S/C11H13IN2O/c12-8-3-1-2-4-9(8)14-10(15)11(7-13)5-6-11/h1-4H,5-7,13H2,(H,14,15). The lowest BCUT2D eigenvalue weighted by Crippen LogP contribution is -2.31. The minimum Gasteiger partial charge on any atom is -0.329 e. The number of para-hydroxylation sites is 1. The Labute approximate surface area is 103 Å². The summed E-state index contributed by atoms with van der Waals surface area (Å²) in [6.45, 7) is 0.447. The van der Waals surface area contributed by atoms with Crippen LogP contribution >= 0.6 is 22.6 Å². The number of nitrogens with one attached hydrogen (secondary N) is 1. The lowest BCUT2D eigenvalue weighted by Gasteiger charge is -2.13. The molecule has 4 heteroatoms. The van der Waals surface area contributed by atoms with Gasteiger partial charge in [0.05, 0.1) is 11.1 Å². The number of carbonyl (C=O) groups excluding carboxylic acids is 1. The third-order valence-electron chi connectivity index (χ3n) is 2.85. The Balaban J connectivity index is 2.10. The zero-order valence-electron chi connectivity index (χ0n) is 8.29. The van der Waals surface area contributed by atoms with Gasteiger partial charge in [0.2, 0.25) is 5.91 Å². The molecule has 15 heavy (non-hydrogen) atoms. The van der Waals surface area contributed by atoms with E-state index in [4.69, 9.17) is 5.73 Å². The van der Waals surface area contributed by atoms with Gasteiger partial charge in [0, 0.05) is 10.1 Å². The molecule has 1 amide bonds. The number of halogens is 1. The minimum absolute atomic E-state index is 0.0640. The van der Waals surface area contributed by atoms with Gasteiger partial charge in [0.15, 0.2) is 0 Å². The van der Waals surface area contributed by atoms with Crippen LogP contribution in [0.25, 0.3) is 0 Å². The molecule has 0 spiro atoms. The lowest BCUT2D eigenvalue weighted by molar-refractivity contribution is -0.120. The molecule has 0 atom stereocenters. The Bertz CT molecular complexity index is 388. The molecule has 0 unspecified atom stereocenters. The number of amides is 1. The first-order valence-corrected chi connectivity index (χ1v) is 6.02. The SMILES string of the molecule is NCC1(C(=O)Nc2ccccc2I)CC1. The van der Waals surface area contributed by atoms with Gasteiger partial charge in [-0.15, -0.1) is 0 Å². The van der Waals surface area contributed by atoms with Gasteiger partial charge in [-0.05, 0) is 47.6 Å². The molecule has 2 rings (SSSR count). The van der Waals surface area contributed by atoms with Gasteiger partial charge in [-0.3, -0.25) is 4.79 Å². The fraction of sp³-hybridized carbons (Fsp3) is 0.364. The molecule has 0 heterocycles. The van der Waals surface area contributed by atoms with Crippen molar-refractivity contribution in [2.24, 2.45) is 11.1 Å².